The van der Waals surface area contributed by atoms with Crippen LogP contribution in [-0.4, -0.2) is 174 Å². The lowest BCUT2D eigenvalue weighted by Gasteiger charge is -2.63. The zero-order chi connectivity index (χ0) is 61.3. The maximum atomic E-state index is 16.3. The summed E-state index contributed by atoms with van der Waals surface area (Å²) >= 11 is 0. The molecule has 84 heavy (non-hydrogen) atoms. The molecule has 5 aliphatic heterocycles. The van der Waals surface area contributed by atoms with Crippen LogP contribution in [0.5, 0.6) is 0 Å². The molecule has 4 N–H and O–H groups in total. The molecule has 22 nitrogen and oxygen atoms in total. The zero-order valence-corrected chi connectivity index (χ0v) is 51.5. The number of aliphatic hydroxyl groups excluding tert-OH is 3. The van der Waals surface area contributed by atoms with Gasteiger partial charge in [0.05, 0.1) is 75.1 Å². The number of nitrogens with one attached hydrogen (secondary N) is 1. The number of fused-ring (bicyclic) bond motifs is 4. The van der Waals surface area contributed by atoms with Crippen molar-refractivity contribution in [3.05, 3.63) is 45.1 Å². The Morgan fingerprint density at radius 2 is 1.39 bits per heavy atom. The summed E-state index contributed by atoms with van der Waals surface area (Å²) in [6.07, 6.45) is -2.32. The third-order valence-electron chi connectivity index (χ3n) is 21.6. The zero-order valence-electron chi connectivity index (χ0n) is 51.5. The van der Waals surface area contributed by atoms with Gasteiger partial charge in [0.1, 0.15) is 18.2 Å². The molecule has 5 heterocycles. The third kappa shape index (κ3) is 11.8. The fraction of sp³-hybridized carbons (Fsp3) is 0.839. The second kappa shape index (κ2) is 25.0. The van der Waals surface area contributed by atoms with Crippen LogP contribution in [0.4, 0.5) is 4.79 Å². The minimum absolute atomic E-state index is 0.0156. The van der Waals surface area contributed by atoms with Gasteiger partial charge in [0.15, 0.2) is 48.2 Å². The molecule has 472 valence electrons. The van der Waals surface area contributed by atoms with Crippen LogP contribution in [0.25, 0.3) is 0 Å². The van der Waals surface area contributed by atoms with Gasteiger partial charge in [0.2, 0.25) is 5.54 Å². The van der Waals surface area contributed by atoms with E-state index in [-0.39, 0.29) is 68.7 Å². The van der Waals surface area contributed by atoms with Gasteiger partial charge >= 0.3 is 12.1 Å². The van der Waals surface area contributed by atoms with Crippen LogP contribution in [0.1, 0.15) is 147 Å². The first-order valence-electron chi connectivity index (χ1n) is 30.6. The van der Waals surface area contributed by atoms with Gasteiger partial charge in [0.25, 0.3) is 0 Å². The molecular weight excluding hydrogens is 1090 g/mol. The number of carbonyl (C=O) groups is 4. The second-order valence-corrected chi connectivity index (χ2v) is 27.0. The van der Waals surface area contributed by atoms with E-state index in [1.54, 1.807) is 26.0 Å². The summed E-state index contributed by atoms with van der Waals surface area (Å²) < 4.78 is 68.7. The van der Waals surface area contributed by atoms with Gasteiger partial charge in [-0.15, -0.1) is 0 Å². The van der Waals surface area contributed by atoms with Crippen molar-refractivity contribution >= 4 is 23.6 Å². The first-order chi connectivity index (χ1) is 39.5. The molecule has 0 aromatic rings. The molecule has 4 aliphatic carbocycles. The van der Waals surface area contributed by atoms with E-state index in [1.165, 1.54) is 21.1 Å². The number of nitrogens with zero attached hydrogens (tertiary/aromatic N) is 1. The number of methoxy groups -OCH3 is 2. The van der Waals surface area contributed by atoms with Crippen LogP contribution in [0.2, 0.25) is 0 Å². The summed E-state index contributed by atoms with van der Waals surface area (Å²) in [5.74, 6) is -5.73. The number of aliphatic hydroxyl groups is 3. The van der Waals surface area contributed by atoms with Crippen molar-refractivity contribution in [3.8, 4) is 0 Å². The number of esters is 1. The van der Waals surface area contributed by atoms with E-state index < -0.39 is 160 Å². The van der Waals surface area contributed by atoms with Crippen molar-refractivity contribution in [1.29, 1.82) is 0 Å². The smallest absolute Gasteiger partial charge is 0.407 e. The molecule has 1 spiro atoms. The van der Waals surface area contributed by atoms with Crippen molar-refractivity contribution in [2.45, 2.75) is 257 Å². The number of rotatable bonds is 12. The summed E-state index contributed by atoms with van der Waals surface area (Å²) in [6.45, 7) is 22.3. The molecule has 2 unspecified atom stereocenters. The molecule has 1 amide bonds. The number of amides is 1. The molecule has 5 saturated heterocycles. The first kappa shape index (κ1) is 64.7. The van der Waals surface area contributed by atoms with Crippen LogP contribution >= 0.6 is 0 Å². The highest BCUT2D eigenvalue weighted by molar-refractivity contribution is 6.25. The molecule has 9 aliphatic rings. The maximum absolute atomic E-state index is 16.3. The summed E-state index contributed by atoms with van der Waals surface area (Å²) in [6, 6.07) is -1.07. The quantitative estimate of drug-likeness (QED) is 0.0527. The summed E-state index contributed by atoms with van der Waals surface area (Å²) in [5.41, 5.74) is -3.74. The third-order valence-corrected chi connectivity index (χ3v) is 21.6. The van der Waals surface area contributed by atoms with Crippen molar-refractivity contribution in [3.63, 3.8) is 0 Å². The number of ether oxygens (including phenoxy) is 11. The predicted octanol–water partition coefficient (Wildman–Crippen LogP) is 6.59. The van der Waals surface area contributed by atoms with E-state index in [0.717, 1.165) is 5.57 Å². The van der Waals surface area contributed by atoms with E-state index in [2.05, 4.69) is 32.2 Å². The van der Waals surface area contributed by atoms with Gasteiger partial charge in [-0.2, -0.15) is 0 Å². The maximum Gasteiger partial charge on any atom is 0.407 e. The monoisotopic (exact) mass is 1190 g/mol. The fourth-order valence-corrected chi connectivity index (χ4v) is 16.9. The average molecular weight is 1190 g/mol. The molecule has 2 saturated carbocycles. The Bertz CT molecular complexity index is 2540. The van der Waals surface area contributed by atoms with Crippen LogP contribution in [-0.2, 0) is 66.5 Å². The van der Waals surface area contributed by atoms with Gasteiger partial charge in [-0.3, -0.25) is 24.5 Å². The SMILES string of the molecule is COC(=O)N[C@H]1[C@@H](C)O[C@@H](O[C@H]2C/C=C(\C)[C@]3(C)CC[C@@H]4[C@@H](O[C@H]5C[C@@H](O[C@H]6C[C@@H](O)[C@@H](O[C@@H]7C[C@@H](O)[C@@H](OC)[C@H](C)O7)[C@H](C)O6)C[C@H](C)O5)[C@@H](C)C[C@H](C)[C@H]4[C@]3(C)C(=O)C3C(=O)OC4(C[C@@H](C)C(CO)=C[C@H]4/C=C/2C)C3=O)C[C@]1(C)[N+](=O)[O-]. The Labute approximate surface area is 493 Å². The van der Waals surface area contributed by atoms with Gasteiger partial charge in [-0.1, -0.05) is 58.4 Å². The molecule has 0 radical (unpaired) electrons. The van der Waals surface area contributed by atoms with Crippen molar-refractivity contribution in [2.24, 2.45) is 52.3 Å². The van der Waals surface area contributed by atoms with E-state index in [1.807, 2.05) is 41.5 Å². The van der Waals surface area contributed by atoms with E-state index >= 15 is 9.59 Å². The predicted molar refractivity (Wildman–Crippen MR) is 300 cm³/mol. The number of alkyl carbamates (subject to hydrolysis) is 1. The number of ketones is 2. The summed E-state index contributed by atoms with van der Waals surface area (Å²) in [5, 5.41) is 48.2. The molecular formula is C62H94N2O20. The molecule has 7 fully saturated rings. The molecule has 0 aromatic carbocycles. The number of allylic oxidation sites excluding steroid dienone is 1. The van der Waals surface area contributed by atoms with Crippen molar-refractivity contribution < 1.29 is 91.5 Å². The summed E-state index contributed by atoms with van der Waals surface area (Å²) in [7, 11) is 2.70. The lowest BCUT2D eigenvalue weighted by Crippen LogP contribution is -2.65. The van der Waals surface area contributed by atoms with Gasteiger partial charge < -0.3 is 72.7 Å². The normalized spacial score (nSPS) is 49.5. The highest BCUT2D eigenvalue weighted by Gasteiger charge is 2.70. The Morgan fingerprint density at radius 3 is 2.02 bits per heavy atom. The van der Waals surface area contributed by atoms with Crippen molar-refractivity contribution in [1.82, 2.24) is 5.32 Å². The van der Waals surface area contributed by atoms with E-state index in [4.69, 9.17) is 52.1 Å². The summed E-state index contributed by atoms with van der Waals surface area (Å²) in [4.78, 5) is 71.7. The van der Waals surface area contributed by atoms with E-state index in [0.29, 0.717) is 43.3 Å². The lowest BCUT2D eigenvalue weighted by molar-refractivity contribution is -0.584. The van der Waals surface area contributed by atoms with Gasteiger partial charge in [0, 0.05) is 61.4 Å². The van der Waals surface area contributed by atoms with Crippen LogP contribution in [0.3, 0.4) is 0 Å². The Kier molecular flexibility index (Phi) is 19.3. The molecule has 27 atom stereocenters. The second-order valence-electron chi connectivity index (χ2n) is 27.0. The minimum Gasteiger partial charge on any atom is -0.453 e. The molecule has 22 heteroatoms. The van der Waals surface area contributed by atoms with Gasteiger partial charge in [-0.05, 0) is 114 Å². The average Bonchev–Trinajstić information content (AvgIpc) is 1.54. The largest absolute Gasteiger partial charge is 0.453 e. The highest BCUT2D eigenvalue weighted by Crippen LogP contribution is 2.66. The standard InChI is InChI=1S/C62H94N2O20/c1-29-20-39-22-38(28-65)32(4)26-62(39)56(69)49(57(70)84-62)55(68)61(12)50-30(2)19-31(3)51(41(50)17-18-59(61,10)33(5)15-16-44(29)81-48-27-60(11,64(72)73)54(37(9)79-48)63-58(71)75-14)82-45-23-40(21-34(6)76-45)80-46-25-43(67)53(36(8)78-46)83-47-24-42(66)52(74-13)35(7)77-47/h15,20,22,30-32,34-37,39-54,65-67H,16-19,21,23-28H2,1-14H3,(H,63,71)/b29-20+,33-15+/t30-,31-,32+,34-,35-,36-,37+,39+,40-,41-,42+,43+,44-,45-,46-,47+,48-,49?,50+,51-,52-,53-,54-,59-,60-,61+,62?/m0/s1. The van der Waals surface area contributed by atoms with Crippen LogP contribution in [0.15, 0.2) is 34.9 Å². The first-order valence-corrected chi connectivity index (χ1v) is 30.6. The molecule has 0 aromatic heterocycles. The number of Topliss-reactive ketones (excluding diaryl/α,β-unsaturated/α-hetero) is 2. The number of nitro groups is 1. The number of hydrogen-bond donors (Lipinski definition) is 4. The topological polar surface area (TPSA) is 286 Å². The molecule has 2 bridgehead atoms. The van der Waals surface area contributed by atoms with E-state index in [9.17, 15) is 35.0 Å². The Hall–Kier alpha value is -3.78. The Morgan fingerprint density at radius 1 is 0.762 bits per heavy atom. The lowest BCUT2D eigenvalue weighted by atomic mass is 9.41. The minimum atomic E-state index is -1.80. The number of carbonyl (C=O) groups excluding carboxylic acids is 4. The van der Waals surface area contributed by atoms with Crippen LogP contribution < -0.4 is 5.32 Å². The van der Waals surface area contributed by atoms with Gasteiger partial charge in [-0.25, -0.2) is 4.79 Å². The van der Waals surface area contributed by atoms with Crippen LogP contribution in [0, 0.1) is 62.4 Å². The number of hydrogen-bond acceptors (Lipinski definition) is 20. The molecule has 9 rings (SSSR count). The fourth-order valence-electron chi connectivity index (χ4n) is 16.9. The highest BCUT2D eigenvalue weighted by atomic mass is 16.7. The van der Waals surface area contributed by atoms with Crippen molar-refractivity contribution in [2.75, 3.05) is 20.8 Å². The Balaban J connectivity index is 0.997.